The SMILES string of the molecule is CCC(=O)c1c(-c2ccccc2)c2cc(Cl)ccc2c(=O)n1Cc1cc(C(=O)OC(C)CC)n(CC)n1. The fourth-order valence-electron chi connectivity index (χ4n) is 4.37. The second-order valence-corrected chi connectivity index (χ2v) is 9.34. The summed E-state index contributed by atoms with van der Waals surface area (Å²) >= 11 is 6.33. The molecule has 0 saturated carbocycles. The number of carbonyl (C=O) groups is 2. The van der Waals surface area contributed by atoms with E-state index in [1.165, 1.54) is 4.57 Å². The Morgan fingerprint density at radius 1 is 1.03 bits per heavy atom. The number of rotatable bonds is 9. The molecule has 0 radical (unpaired) electrons. The van der Waals surface area contributed by atoms with Crippen molar-refractivity contribution in [1.82, 2.24) is 14.3 Å². The van der Waals surface area contributed by atoms with Crippen LogP contribution in [0, 0.1) is 0 Å². The van der Waals surface area contributed by atoms with Gasteiger partial charge in [0, 0.05) is 28.9 Å². The molecular weight excluding hydrogens is 490 g/mol. The summed E-state index contributed by atoms with van der Waals surface area (Å²) in [5.74, 6) is -0.644. The number of esters is 1. The maximum atomic E-state index is 13.8. The number of Topliss-reactive ketones (excluding diaryl/α,β-unsaturated/α-hetero) is 1. The molecule has 0 aliphatic carbocycles. The second kappa shape index (κ2) is 11.1. The monoisotopic (exact) mass is 519 g/mol. The quantitative estimate of drug-likeness (QED) is 0.196. The van der Waals surface area contributed by atoms with E-state index in [1.807, 2.05) is 51.1 Å². The summed E-state index contributed by atoms with van der Waals surface area (Å²) in [7, 11) is 0. The Balaban J connectivity index is 1.95. The van der Waals surface area contributed by atoms with Gasteiger partial charge in [0.05, 0.1) is 24.0 Å². The number of hydrogen-bond donors (Lipinski definition) is 0. The van der Waals surface area contributed by atoms with Gasteiger partial charge in [0.25, 0.3) is 5.56 Å². The van der Waals surface area contributed by atoms with E-state index < -0.39 is 5.97 Å². The number of aromatic nitrogens is 3. The van der Waals surface area contributed by atoms with Crippen LogP contribution in [0.5, 0.6) is 0 Å². The molecule has 2 heterocycles. The van der Waals surface area contributed by atoms with E-state index in [4.69, 9.17) is 16.3 Å². The van der Waals surface area contributed by atoms with Crippen LogP contribution in [0.4, 0.5) is 0 Å². The summed E-state index contributed by atoms with van der Waals surface area (Å²) in [6.45, 7) is 7.89. The van der Waals surface area contributed by atoms with Crippen LogP contribution in [-0.4, -0.2) is 32.2 Å². The first-order valence-corrected chi connectivity index (χ1v) is 12.9. The summed E-state index contributed by atoms with van der Waals surface area (Å²) in [6, 6.07) is 16.2. The molecule has 192 valence electrons. The molecular formula is C29H30ClN3O4. The van der Waals surface area contributed by atoms with E-state index in [9.17, 15) is 14.4 Å². The minimum Gasteiger partial charge on any atom is -0.458 e. The van der Waals surface area contributed by atoms with E-state index in [2.05, 4.69) is 5.10 Å². The molecule has 37 heavy (non-hydrogen) atoms. The van der Waals surface area contributed by atoms with E-state index in [0.717, 1.165) is 5.56 Å². The van der Waals surface area contributed by atoms with Crippen molar-refractivity contribution in [3.05, 3.63) is 87.1 Å². The van der Waals surface area contributed by atoms with E-state index >= 15 is 0 Å². The highest BCUT2D eigenvalue weighted by atomic mass is 35.5. The van der Waals surface area contributed by atoms with Crippen LogP contribution in [0.1, 0.15) is 67.2 Å². The largest absolute Gasteiger partial charge is 0.458 e. The molecule has 2 aromatic heterocycles. The van der Waals surface area contributed by atoms with Gasteiger partial charge in [0.2, 0.25) is 0 Å². The third kappa shape index (κ3) is 5.23. The Hall–Kier alpha value is -3.71. The van der Waals surface area contributed by atoms with Gasteiger partial charge in [-0.3, -0.25) is 18.8 Å². The Kier molecular flexibility index (Phi) is 7.93. The van der Waals surface area contributed by atoms with Crippen molar-refractivity contribution in [2.75, 3.05) is 0 Å². The van der Waals surface area contributed by atoms with Crippen LogP contribution >= 0.6 is 11.6 Å². The van der Waals surface area contributed by atoms with E-state index in [-0.39, 0.29) is 30.4 Å². The summed E-state index contributed by atoms with van der Waals surface area (Å²) in [6.07, 6.45) is 0.676. The molecule has 1 atom stereocenters. The summed E-state index contributed by atoms with van der Waals surface area (Å²) in [5.41, 5.74) is 2.22. The summed E-state index contributed by atoms with van der Waals surface area (Å²) in [4.78, 5) is 40.0. The predicted octanol–water partition coefficient (Wildman–Crippen LogP) is 6.13. The molecule has 2 aromatic carbocycles. The topological polar surface area (TPSA) is 83.2 Å². The number of aryl methyl sites for hydroxylation is 1. The Morgan fingerprint density at radius 3 is 2.41 bits per heavy atom. The summed E-state index contributed by atoms with van der Waals surface area (Å²) in [5, 5.41) is 6.11. The van der Waals surface area contributed by atoms with Crippen LogP contribution < -0.4 is 5.56 Å². The third-order valence-electron chi connectivity index (χ3n) is 6.42. The third-order valence-corrected chi connectivity index (χ3v) is 6.66. The van der Waals surface area contributed by atoms with Crippen molar-refractivity contribution in [2.45, 2.75) is 59.7 Å². The van der Waals surface area contributed by atoms with Gasteiger partial charge in [0.1, 0.15) is 5.69 Å². The van der Waals surface area contributed by atoms with Gasteiger partial charge in [-0.1, -0.05) is 55.8 Å². The van der Waals surface area contributed by atoms with Crippen molar-refractivity contribution in [1.29, 1.82) is 0 Å². The number of ether oxygens (including phenoxy) is 1. The van der Waals surface area contributed by atoms with Crippen LogP contribution in [0.2, 0.25) is 5.02 Å². The minimum atomic E-state index is -0.467. The lowest BCUT2D eigenvalue weighted by Gasteiger charge is -2.19. The van der Waals surface area contributed by atoms with Gasteiger partial charge in [0.15, 0.2) is 5.78 Å². The fourth-order valence-corrected chi connectivity index (χ4v) is 4.54. The standard InChI is InChI=1S/C29H30ClN3O4/c1-5-18(4)37-29(36)24-16-21(31-33(24)7-3)17-32-27(25(34)6-2)26(19-11-9-8-10-12-19)23-15-20(30)13-14-22(23)28(32)35/h8-16,18H,5-7,17H2,1-4H3. The molecule has 4 rings (SSSR count). The molecule has 0 fully saturated rings. The smallest absolute Gasteiger partial charge is 0.356 e. The molecule has 1 unspecified atom stereocenters. The highest BCUT2D eigenvalue weighted by molar-refractivity contribution is 6.31. The number of fused-ring (bicyclic) bond motifs is 1. The molecule has 7 nitrogen and oxygen atoms in total. The lowest BCUT2D eigenvalue weighted by molar-refractivity contribution is 0.0320. The fraction of sp³-hybridized carbons (Fsp3) is 0.310. The first-order chi connectivity index (χ1) is 17.8. The van der Waals surface area contributed by atoms with Crippen LogP contribution in [0.3, 0.4) is 0 Å². The zero-order valence-electron chi connectivity index (χ0n) is 21.5. The van der Waals surface area contributed by atoms with Gasteiger partial charge < -0.3 is 4.74 Å². The van der Waals surface area contributed by atoms with Crippen LogP contribution in [0.25, 0.3) is 21.9 Å². The molecule has 0 spiro atoms. The van der Waals surface area contributed by atoms with Gasteiger partial charge in [-0.15, -0.1) is 0 Å². The molecule has 0 aliphatic heterocycles. The van der Waals surface area contributed by atoms with Crippen molar-refractivity contribution in [3.8, 4) is 11.1 Å². The number of pyridine rings is 1. The number of halogens is 1. The van der Waals surface area contributed by atoms with E-state index in [0.29, 0.717) is 51.4 Å². The zero-order chi connectivity index (χ0) is 26.7. The maximum Gasteiger partial charge on any atom is 0.356 e. The van der Waals surface area contributed by atoms with Crippen LogP contribution in [0.15, 0.2) is 59.4 Å². The van der Waals surface area contributed by atoms with Gasteiger partial charge >= 0.3 is 5.97 Å². The number of hydrogen-bond acceptors (Lipinski definition) is 5. The van der Waals surface area contributed by atoms with Crippen molar-refractivity contribution in [3.63, 3.8) is 0 Å². The number of benzene rings is 2. The van der Waals surface area contributed by atoms with Gasteiger partial charge in [-0.05, 0) is 55.5 Å². The molecule has 4 aromatic rings. The first kappa shape index (κ1) is 26.4. The maximum absolute atomic E-state index is 13.8. The van der Waals surface area contributed by atoms with Gasteiger partial charge in [-0.25, -0.2) is 4.79 Å². The highest BCUT2D eigenvalue weighted by Gasteiger charge is 2.24. The van der Waals surface area contributed by atoms with E-state index in [1.54, 1.807) is 35.9 Å². The van der Waals surface area contributed by atoms with Gasteiger partial charge in [-0.2, -0.15) is 5.10 Å². The van der Waals surface area contributed by atoms with Crippen molar-refractivity contribution < 1.29 is 14.3 Å². The molecule has 0 saturated heterocycles. The number of nitrogens with zero attached hydrogens (tertiary/aromatic N) is 3. The Labute approximate surface area is 220 Å². The molecule has 8 heteroatoms. The highest BCUT2D eigenvalue weighted by Crippen LogP contribution is 2.33. The average molecular weight is 520 g/mol. The van der Waals surface area contributed by atoms with Crippen molar-refractivity contribution in [2.24, 2.45) is 0 Å². The Bertz CT molecular complexity index is 1520. The molecule has 0 N–H and O–H groups in total. The normalized spacial score (nSPS) is 12.0. The van der Waals surface area contributed by atoms with Crippen LogP contribution in [-0.2, 0) is 17.8 Å². The second-order valence-electron chi connectivity index (χ2n) is 8.91. The van der Waals surface area contributed by atoms with Crippen molar-refractivity contribution >= 4 is 34.1 Å². The first-order valence-electron chi connectivity index (χ1n) is 12.5. The zero-order valence-corrected chi connectivity index (χ0v) is 22.2. The Morgan fingerprint density at radius 2 is 1.76 bits per heavy atom. The lowest BCUT2D eigenvalue weighted by atomic mass is 9.94. The number of carbonyl (C=O) groups excluding carboxylic acids is 2. The molecule has 0 aliphatic rings. The average Bonchev–Trinajstić information content (AvgIpc) is 3.33. The molecule has 0 bridgehead atoms. The predicted molar refractivity (Wildman–Crippen MR) is 145 cm³/mol. The molecule has 0 amide bonds. The minimum absolute atomic E-state index is 0.0227. The summed E-state index contributed by atoms with van der Waals surface area (Å²) < 4.78 is 8.54. The lowest BCUT2D eigenvalue weighted by Crippen LogP contribution is -2.28. The number of ketones is 1.